The summed E-state index contributed by atoms with van der Waals surface area (Å²) in [4.78, 5) is 39.0. The van der Waals surface area contributed by atoms with Crippen LogP contribution in [-0.4, -0.2) is 52.9 Å². The van der Waals surface area contributed by atoms with Crippen LogP contribution in [0.4, 0.5) is 23.0 Å². The van der Waals surface area contributed by atoms with Crippen LogP contribution in [0.3, 0.4) is 0 Å². The molecule has 1 fully saturated rings. The number of likely N-dealkylation sites (tertiary alicyclic amines) is 1. The van der Waals surface area contributed by atoms with Crippen LogP contribution in [0.5, 0.6) is 11.5 Å². The number of aldehydes is 1. The van der Waals surface area contributed by atoms with Crippen molar-refractivity contribution in [3.8, 4) is 11.5 Å². The molecular formula is C28H30N6O3. The Kier molecular flexibility index (Phi) is 6.52. The Hall–Kier alpha value is -4.40. The molecular weight excluding hydrogens is 468 g/mol. The van der Waals surface area contributed by atoms with E-state index in [2.05, 4.69) is 23.5 Å². The number of carbonyl (C=O) groups is 2. The zero-order chi connectivity index (χ0) is 26.0. The number of aromatic nitrogens is 2. The number of nitrogens with zero attached hydrogens (tertiary/aromatic N) is 5. The summed E-state index contributed by atoms with van der Waals surface area (Å²) in [7, 11) is 0. The van der Waals surface area contributed by atoms with Crippen molar-refractivity contribution in [3.05, 3.63) is 73.6 Å². The molecule has 2 aromatic carbocycles. The second-order valence-electron chi connectivity index (χ2n) is 9.73. The van der Waals surface area contributed by atoms with Crippen LogP contribution in [0.25, 0.3) is 0 Å². The van der Waals surface area contributed by atoms with E-state index in [0.29, 0.717) is 42.7 Å². The number of piperidine rings is 1. The van der Waals surface area contributed by atoms with Gasteiger partial charge in [0, 0.05) is 25.3 Å². The summed E-state index contributed by atoms with van der Waals surface area (Å²) in [5, 5.41) is 0. The molecule has 190 valence electrons. The largest absolute Gasteiger partial charge is 0.457 e. The lowest BCUT2D eigenvalue weighted by Crippen LogP contribution is -2.50. The summed E-state index contributed by atoms with van der Waals surface area (Å²) in [6.07, 6.45) is 4.66. The van der Waals surface area contributed by atoms with Crippen LogP contribution in [0, 0.1) is 5.41 Å². The Balaban J connectivity index is 1.41. The fourth-order valence-corrected chi connectivity index (χ4v) is 5.07. The number of hydrogen-bond donors (Lipinski definition) is 1. The number of ether oxygens (including phenoxy) is 1. The first-order valence-electron chi connectivity index (χ1n) is 12.3. The normalized spacial score (nSPS) is 18.3. The Morgan fingerprint density at radius 3 is 2.43 bits per heavy atom. The second kappa shape index (κ2) is 9.93. The van der Waals surface area contributed by atoms with Gasteiger partial charge in [-0.3, -0.25) is 9.59 Å². The number of hydrogen-bond acceptors (Lipinski definition) is 8. The number of para-hydroxylation sites is 1. The zero-order valence-electron chi connectivity index (χ0n) is 20.8. The molecule has 1 amide bonds. The van der Waals surface area contributed by atoms with E-state index in [9.17, 15) is 9.59 Å². The predicted octanol–water partition coefficient (Wildman–Crippen LogP) is 4.15. The summed E-state index contributed by atoms with van der Waals surface area (Å²) in [6.45, 7) is 7.66. The Bertz CT molecular complexity index is 1290. The van der Waals surface area contributed by atoms with E-state index in [4.69, 9.17) is 10.5 Å². The highest BCUT2D eigenvalue weighted by Crippen LogP contribution is 2.47. The molecule has 2 aliphatic rings. The van der Waals surface area contributed by atoms with Gasteiger partial charge in [-0.05, 0) is 60.7 Å². The zero-order valence-corrected chi connectivity index (χ0v) is 20.8. The van der Waals surface area contributed by atoms with Gasteiger partial charge in [-0.2, -0.15) is 0 Å². The minimum atomic E-state index is -0.639. The molecule has 9 nitrogen and oxygen atoms in total. The summed E-state index contributed by atoms with van der Waals surface area (Å²) >= 11 is 0. The second-order valence-corrected chi connectivity index (χ2v) is 9.73. The average molecular weight is 499 g/mol. The molecule has 1 saturated heterocycles. The smallest absolute Gasteiger partial charge is 0.245 e. The Morgan fingerprint density at radius 1 is 1.11 bits per heavy atom. The molecule has 3 aromatic rings. The quantitative estimate of drug-likeness (QED) is 0.383. The molecule has 2 N–H and O–H groups in total. The number of rotatable bonds is 7. The molecule has 1 atom stereocenters. The lowest BCUT2D eigenvalue weighted by molar-refractivity contribution is -0.128. The molecule has 9 heteroatoms. The van der Waals surface area contributed by atoms with Crippen molar-refractivity contribution in [1.82, 2.24) is 14.9 Å². The van der Waals surface area contributed by atoms with Gasteiger partial charge in [0.25, 0.3) is 0 Å². The van der Waals surface area contributed by atoms with Gasteiger partial charge in [0.2, 0.25) is 5.91 Å². The van der Waals surface area contributed by atoms with Gasteiger partial charge < -0.3 is 25.2 Å². The maximum atomic E-state index is 12.6. The molecule has 0 radical (unpaired) electrons. The number of anilines is 4. The van der Waals surface area contributed by atoms with Crippen molar-refractivity contribution in [1.29, 1.82) is 0 Å². The SMILES string of the molecule is C=CC(=O)N1CCC(C)(CN2c3ncnc(N)c3N(c3ccc(Oc4ccccc4)cc3)C2C=O)CC1. The van der Waals surface area contributed by atoms with Crippen LogP contribution in [0.15, 0.2) is 73.6 Å². The van der Waals surface area contributed by atoms with Gasteiger partial charge in [0.05, 0.1) is 0 Å². The first-order valence-corrected chi connectivity index (χ1v) is 12.3. The Labute approximate surface area is 216 Å². The van der Waals surface area contributed by atoms with Crippen LogP contribution >= 0.6 is 0 Å². The monoisotopic (exact) mass is 498 g/mol. The van der Waals surface area contributed by atoms with Crippen molar-refractivity contribution in [2.75, 3.05) is 35.2 Å². The number of nitrogen functional groups attached to an aromatic ring is 1. The molecule has 0 saturated carbocycles. The van der Waals surface area contributed by atoms with Crippen molar-refractivity contribution in [2.45, 2.75) is 25.9 Å². The van der Waals surface area contributed by atoms with Crippen molar-refractivity contribution < 1.29 is 14.3 Å². The fourth-order valence-electron chi connectivity index (χ4n) is 5.07. The number of carbonyl (C=O) groups excluding carboxylic acids is 2. The number of benzene rings is 2. The third kappa shape index (κ3) is 4.72. The molecule has 3 heterocycles. The van der Waals surface area contributed by atoms with Crippen LogP contribution < -0.4 is 20.3 Å². The summed E-state index contributed by atoms with van der Waals surface area (Å²) in [5.74, 6) is 2.30. The van der Waals surface area contributed by atoms with Gasteiger partial charge in [-0.25, -0.2) is 9.97 Å². The maximum Gasteiger partial charge on any atom is 0.245 e. The van der Waals surface area contributed by atoms with Gasteiger partial charge in [0.1, 0.15) is 23.5 Å². The standard InChI is InChI=1S/C28H30N6O3/c1-3-24(36)32-15-13-28(2,14-16-32)18-33-23(17-35)34(25-26(29)30-19-31-27(25)33)20-9-11-22(12-10-20)37-21-7-5-4-6-8-21/h3-12,17,19,23H,1,13-16,18H2,2H3,(H2,29,30,31). The van der Waals surface area contributed by atoms with E-state index in [1.807, 2.05) is 69.3 Å². The molecule has 0 aliphatic carbocycles. The minimum absolute atomic E-state index is 0.0503. The van der Waals surface area contributed by atoms with E-state index in [1.165, 1.54) is 12.4 Å². The Morgan fingerprint density at radius 2 is 1.78 bits per heavy atom. The van der Waals surface area contributed by atoms with Gasteiger partial charge >= 0.3 is 0 Å². The molecule has 2 aliphatic heterocycles. The van der Waals surface area contributed by atoms with E-state index >= 15 is 0 Å². The number of amides is 1. The summed E-state index contributed by atoms with van der Waals surface area (Å²) in [5.41, 5.74) is 7.59. The summed E-state index contributed by atoms with van der Waals surface area (Å²) < 4.78 is 5.93. The molecule has 1 unspecified atom stereocenters. The third-order valence-electron chi connectivity index (χ3n) is 7.15. The highest BCUT2D eigenvalue weighted by Gasteiger charge is 2.44. The number of nitrogens with two attached hydrogens (primary N) is 1. The van der Waals surface area contributed by atoms with Crippen LogP contribution in [0.1, 0.15) is 19.8 Å². The van der Waals surface area contributed by atoms with Gasteiger partial charge in [-0.1, -0.05) is 31.7 Å². The predicted molar refractivity (Wildman–Crippen MR) is 143 cm³/mol. The minimum Gasteiger partial charge on any atom is -0.457 e. The first kappa shape index (κ1) is 24.3. The van der Waals surface area contributed by atoms with E-state index in [1.54, 1.807) is 0 Å². The van der Waals surface area contributed by atoms with Crippen molar-refractivity contribution in [2.24, 2.45) is 5.41 Å². The highest BCUT2D eigenvalue weighted by atomic mass is 16.5. The topological polar surface area (TPSA) is 105 Å². The fraction of sp³-hybridized carbons (Fsp3) is 0.286. The van der Waals surface area contributed by atoms with Crippen LogP contribution in [0.2, 0.25) is 0 Å². The molecule has 1 aromatic heterocycles. The molecule has 5 rings (SSSR count). The van der Waals surface area contributed by atoms with Crippen molar-refractivity contribution in [3.63, 3.8) is 0 Å². The first-order chi connectivity index (χ1) is 17.9. The lowest BCUT2D eigenvalue weighted by Gasteiger charge is -2.42. The van der Waals surface area contributed by atoms with Gasteiger partial charge in [0.15, 0.2) is 24.1 Å². The number of fused-ring (bicyclic) bond motifs is 1. The maximum absolute atomic E-state index is 12.6. The average Bonchev–Trinajstić information content (AvgIpc) is 3.23. The molecule has 0 spiro atoms. The van der Waals surface area contributed by atoms with E-state index < -0.39 is 6.17 Å². The third-order valence-corrected chi connectivity index (χ3v) is 7.15. The van der Waals surface area contributed by atoms with E-state index in [0.717, 1.165) is 30.6 Å². The van der Waals surface area contributed by atoms with Crippen molar-refractivity contribution >= 4 is 35.2 Å². The molecule has 37 heavy (non-hydrogen) atoms. The van der Waals surface area contributed by atoms with E-state index in [-0.39, 0.29) is 11.3 Å². The van der Waals surface area contributed by atoms with Gasteiger partial charge in [-0.15, -0.1) is 0 Å². The summed E-state index contributed by atoms with van der Waals surface area (Å²) in [6, 6.07) is 17.1. The lowest BCUT2D eigenvalue weighted by atomic mass is 9.79. The van der Waals surface area contributed by atoms with Crippen LogP contribution in [-0.2, 0) is 9.59 Å². The molecule has 0 bridgehead atoms. The highest BCUT2D eigenvalue weighted by molar-refractivity contribution is 5.94.